The molecule has 0 unspecified atom stereocenters. The van der Waals surface area contributed by atoms with E-state index in [-0.39, 0.29) is 0 Å². The first-order valence-corrected chi connectivity index (χ1v) is 6.94. The van der Waals surface area contributed by atoms with Crippen molar-refractivity contribution in [2.75, 3.05) is 31.2 Å². The van der Waals surface area contributed by atoms with E-state index in [2.05, 4.69) is 56.7 Å². The lowest BCUT2D eigenvalue weighted by Gasteiger charge is -2.29. The molecule has 20 heavy (non-hydrogen) atoms. The van der Waals surface area contributed by atoms with Gasteiger partial charge in [0.1, 0.15) is 0 Å². The minimum atomic E-state index is 0.315. The van der Waals surface area contributed by atoms with E-state index in [1.165, 1.54) is 31.5 Å². The van der Waals surface area contributed by atoms with Crippen LogP contribution < -0.4 is 11.1 Å². The summed E-state index contributed by atoms with van der Waals surface area (Å²) in [5.74, 6) is 1.49. The van der Waals surface area contributed by atoms with Gasteiger partial charge in [-0.05, 0) is 56.6 Å². The first kappa shape index (κ1) is 12.9. The maximum absolute atomic E-state index is 5.49. The van der Waals surface area contributed by atoms with Gasteiger partial charge in [-0.15, -0.1) is 5.10 Å². The topological polar surface area (TPSA) is 82.9 Å². The molecular formula is C14H20N6. The Morgan fingerprint density at radius 1 is 1.25 bits per heavy atom. The number of benzene rings is 1. The van der Waals surface area contributed by atoms with Crippen LogP contribution in [0.3, 0.4) is 0 Å². The number of nitrogens with zero attached hydrogens (tertiary/aromatic N) is 3. The summed E-state index contributed by atoms with van der Waals surface area (Å²) < 4.78 is 0. The van der Waals surface area contributed by atoms with Crippen LogP contribution in [0.5, 0.6) is 0 Å². The van der Waals surface area contributed by atoms with Crippen molar-refractivity contribution in [3.05, 3.63) is 29.8 Å². The third-order valence-electron chi connectivity index (χ3n) is 3.86. The summed E-state index contributed by atoms with van der Waals surface area (Å²) in [6.07, 6.45) is 2.47. The van der Waals surface area contributed by atoms with E-state index in [1.807, 2.05) is 0 Å². The average molecular weight is 272 g/mol. The summed E-state index contributed by atoms with van der Waals surface area (Å²) in [7, 11) is 2.19. The Morgan fingerprint density at radius 3 is 2.55 bits per heavy atom. The molecular weight excluding hydrogens is 252 g/mol. The first-order valence-electron chi connectivity index (χ1n) is 6.94. The van der Waals surface area contributed by atoms with Crippen molar-refractivity contribution in [1.82, 2.24) is 20.1 Å². The molecule has 4 N–H and O–H groups in total. The highest BCUT2D eigenvalue weighted by Gasteiger charge is 2.18. The second-order valence-corrected chi connectivity index (χ2v) is 5.37. The molecule has 1 aromatic heterocycles. The lowest BCUT2D eigenvalue weighted by atomic mass is 9.89. The summed E-state index contributed by atoms with van der Waals surface area (Å²) in [6, 6.07) is 8.52. The van der Waals surface area contributed by atoms with E-state index >= 15 is 0 Å². The minimum Gasteiger partial charge on any atom is -0.368 e. The molecule has 0 radical (unpaired) electrons. The number of piperidine rings is 1. The first-order chi connectivity index (χ1) is 9.70. The number of H-pyrrole nitrogens is 1. The highest BCUT2D eigenvalue weighted by molar-refractivity contribution is 5.54. The minimum absolute atomic E-state index is 0.315. The Labute approximate surface area is 118 Å². The zero-order valence-corrected chi connectivity index (χ0v) is 11.6. The van der Waals surface area contributed by atoms with Crippen molar-refractivity contribution in [2.45, 2.75) is 18.8 Å². The molecule has 0 atom stereocenters. The van der Waals surface area contributed by atoms with Crippen molar-refractivity contribution in [3.8, 4) is 0 Å². The molecule has 0 bridgehead atoms. The fourth-order valence-electron chi connectivity index (χ4n) is 2.64. The normalized spacial score (nSPS) is 17.2. The maximum atomic E-state index is 5.49. The van der Waals surface area contributed by atoms with E-state index < -0.39 is 0 Å². The molecule has 2 aromatic rings. The highest BCUT2D eigenvalue weighted by atomic mass is 15.3. The van der Waals surface area contributed by atoms with Gasteiger partial charge in [-0.3, -0.25) is 0 Å². The number of aromatic amines is 1. The molecule has 2 heterocycles. The third-order valence-corrected chi connectivity index (χ3v) is 3.86. The molecule has 0 amide bonds. The summed E-state index contributed by atoms with van der Waals surface area (Å²) in [5.41, 5.74) is 7.88. The summed E-state index contributed by atoms with van der Waals surface area (Å²) in [6.45, 7) is 2.36. The van der Waals surface area contributed by atoms with Crippen molar-refractivity contribution in [3.63, 3.8) is 0 Å². The zero-order valence-electron chi connectivity index (χ0n) is 11.6. The number of anilines is 3. The van der Waals surface area contributed by atoms with Crippen LogP contribution in [0.25, 0.3) is 0 Å². The molecule has 6 heteroatoms. The van der Waals surface area contributed by atoms with E-state index in [9.17, 15) is 0 Å². The van der Waals surface area contributed by atoms with Gasteiger partial charge in [0.15, 0.2) is 0 Å². The fraction of sp³-hybridized carbons (Fsp3) is 0.429. The standard InChI is InChI=1S/C14H20N6/c1-20-8-6-11(7-9-20)10-2-4-12(5-3-10)16-14-17-13(15)18-19-14/h2-5,11H,6-9H2,1H3,(H4,15,16,17,18,19). The van der Waals surface area contributed by atoms with Gasteiger partial charge in [0, 0.05) is 5.69 Å². The molecule has 1 fully saturated rings. The van der Waals surface area contributed by atoms with Gasteiger partial charge in [-0.2, -0.15) is 4.98 Å². The smallest absolute Gasteiger partial charge is 0.248 e. The molecule has 0 saturated carbocycles. The Morgan fingerprint density at radius 2 is 1.95 bits per heavy atom. The van der Waals surface area contributed by atoms with Crippen molar-refractivity contribution >= 4 is 17.6 Å². The Bertz CT molecular complexity index is 553. The highest BCUT2D eigenvalue weighted by Crippen LogP contribution is 2.28. The number of rotatable bonds is 3. The lowest BCUT2D eigenvalue weighted by molar-refractivity contribution is 0.255. The van der Waals surface area contributed by atoms with Gasteiger partial charge in [0.25, 0.3) is 0 Å². The Kier molecular flexibility index (Phi) is 3.56. The lowest BCUT2D eigenvalue weighted by Crippen LogP contribution is -2.29. The fourth-order valence-corrected chi connectivity index (χ4v) is 2.64. The second kappa shape index (κ2) is 5.50. The molecule has 0 aliphatic carbocycles. The molecule has 106 valence electrons. The quantitative estimate of drug-likeness (QED) is 0.795. The van der Waals surface area contributed by atoms with E-state index in [4.69, 9.17) is 5.73 Å². The molecule has 0 spiro atoms. The van der Waals surface area contributed by atoms with E-state index in [1.54, 1.807) is 0 Å². The molecule has 1 aliphatic rings. The molecule has 1 aromatic carbocycles. The van der Waals surface area contributed by atoms with Crippen molar-refractivity contribution in [2.24, 2.45) is 0 Å². The van der Waals surface area contributed by atoms with Gasteiger partial charge in [-0.25, -0.2) is 5.10 Å². The number of aromatic nitrogens is 3. The average Bonchev–Trinajstić information content (AvgIpc) is 2.86. The van der Waals surface area contributed by atoms with Crippen molar-refractivity contribution < 1.29 is 0 Å². The van der Waals surface area contributed by atoms with Gasteiger partial charge in [0.05, 0.1) is 0 Å². The van der Waals surface area contributed by atoms with Gasteiger partial charge in [-0.1, -0.05) is 12.1 Å². The summed E-state index contributed by atoms with van der Waals surface area (Å²) in [4.78, 5) is 6.41. The molecule has 6 nitrogen and oxygen atoms in total. The number of nitrogens with one attached hydrogen (secondary N) is 2. The van der Waals surface area contributed by atoms with Gasteiger partial charge in [0.2, 0.25) is 11.9 Å². The van der Waals surface area contributed by atoms with Crippen molar-refractivity contribution in [1.29, 1.82) is 0 Å². The van der Waals surface area contributed by atoms with E-state index in [0.29, 0.717) is 17.8 Å². The third kappa shape index (κ3) is 2.91. The number of hydrogen-bond donors (Lipinski definition) is 3. The number of nitrogen functional groups attached to an aromatic ring is 1. The monoisotopic (exact) mass is 272 g/mol. The van der Waals surface area contributed by atoms with Crippen LogP contribution >= 0.6 is 0 Å². The molecule has 3 rings (SSSR count). The predicted octanol–water partition coefficient (Wildman–Crippen LogP) is 1.94. The van der Waals surface area contributed by atoms with Crippen LogP contribution in [0, 0.1) is 0 Å². The van der Waals surface area contributed by atoms with E-state index in [0.717, 1.165) is 5.69 Å². The van der Waals surface area contributed by atoms with Crippen LogP contribution in [-0.4, -0.2) is 40.2 Å². The van der Waals surface area contributed by atoms with Crippen LogP contribution in [0.1, 0.15) is 24.3 Å². The van der Waals surface area contributed by atoms with Gasteiger partial charge < -0.3 is 16.0 Å². The molecule has 1 aliphatic heterocycles. The van der Waals surface area contributed by atoms with Crippen LogP contribution in [0.2, 0.25) is 0 Å². The zero-order chi connectivity index (χ0) is 13.9. The van der Waals surface area contributed by atoms with Gasteiger partial charge >= 0.3 is 0 Å². The maximum Gasteiger partial charge on any atom is 0.248 e. The summed E-state index contributed by atoms with van der Waals surface area (Å²) >= 11 is 0. The number of likely N-dealkylation sites (tertiary alicyclic amines) is 1. The predicted molar refractivity (Wildman–Crippen MR) is 80.0 cm³/mol. The summed E-state index contributed by atoms with van der Waals surface area (Å²) in [5, 5.41) is 9.68. The Hall–Kier alpha value is -2.08. The van der Waals surface area contributed by atoms with Crippen LogP contribution in [-0.2, 0) is 0 Å². The molecule has 1 saturated heterocycles. The SMILES string of the molecule is CN1CCC(c2ccc(Nc3n[nH]c(N)n3)cc2)CC1. The second-order valence-electron chi connectivity index (χ2n) is 5.37. The number of hydrogen-bond acceptors (Lipinski definition) is 5. The van der Waals surface area contributed by atoms with Crippen LogP contribution in [0.15, 0.2) is 24.3 Å². The Balaban J connectivity index is 1.65. The largest absolute Gasteiger partial charge is 0.368 e. The number of nitrogens with two attached hydrogens (primary N) is 1. The van der Waals surface area contributed by atoms with Crippen LogP contribution in [0.4, 0.5) is 17.6 Å².